The van der Waals surface area contributed by atoms with Gasteiger partial charge >= 0.3 is 6.09 Å². The van der Waals surface area contributed by atoms with Crippen LogP contribution in [0.5, 0.6) is 0 Å². The number of nitrogens with zero attached hydrogens (tertiary/aromatic N) is 2. The third-order valence-corrected chi connectivity index (χ3v) is 6.31. The van der Waals surface area contributed by atoms with E-state index in [0.29, 0.717) is 32.2 Å². The zero-order valence-electron chi connectivity index (χ0n) is 16.8. The highest BCUT2D eigenvalue weighted by Gasteiger charge is 2.24. The van der Waals surface area contributed by atoms with Gasteiger partial charge in [-0.25, -0.2) is 17.9 Å². The van der Waals surface area contributed by atoms with Gasteiger partial charge in [-0.05, 0) is 32.1 Å². The van der Waals surface area contributed by atoms with E-state index in [9.17, 15) is 13.2 Å². The normalized spacial score (nSPS) is 22.0. The summed E-state index contributed by atoms with van der Waals surface area (Å²) >= 11 is 0. The second-order valence-electron chi connectivity index (χ2n) is 7.03. The number of likely N-dealkylation sites (tertiary alicyclic amines) is 1. The number of piperidine rings is 1. The van der Waals surface area contributed by atoms with Crippen LogP contribution < -0.4 is 15.4 Å². The zero-order chi connectivity index (χ0) is 20.4. The highest BCUT2D eigenvalue weighted by atomic mass is 32.2. The van der Waals surface area contributed by atoms with E-state index in [1.807, 2.05) is 0 Å². The van der Waals surface area contributed by atoms with Crippen LogP contribution in [-0.4, -0.2) is 90.2 Å². The van der Waals surface area contributed by atoms with Crippen molar-refractivity contribution in [3.05, 3.63) is 0 Å². The lowest BCUT2D eigenvalue weighted by Gasteiger charge is -2.32. The Kier molecular flexibility index (Phi) is 9.26. The number of aliphatic imine (C=N–C) groups is 1. The predicted octanol–water partition coefficient (Wildman–Crippen LogP) is -0.129. The summed E-state index contributed by atoms with van der Waals surface area (Å²) in [6, 6.07) is 0.172. The summed E-state index contributed by atoms with van der Waals surface area (Å²) < 4.78 is 37.2. The molecule has 0 aromatic heterocycles. The van der Waals surface area contributed by atoms with Crippen LogP contribution >= 0.6 is 0 Å². The van der Waals surface area contributed by atoms with Crippen LogP contribution in [0.3, 0.4) is 0 Å². The fourth-order valence-electron chi connectivity index (χ4n) is 3.29. The van der Waals surface area contributed by atoms with Crippen LogP contribution in [0.15, 0.2) is 4.99 Å². The molecule has 11 heteroatoms. The van der Waals surface area contributed by atoms with E-state index < -0.39 is 10.0 Å². The zero-order valence-corrected chi connectivity index (χ0v) is 17.6. The van der Waals surface area contributed by atoms with Crippen LogP contribution in [-0.2, 0) is 19.5 Å². The molecule has 0 aromatic rings. The molecule has 0 aromatic carbocycles. The summed E-state index contributed by atoms with van der Waals surface area (Å²) in [6.45, 7) is 2.51. The molecule has 2 saturated heterocycles. The smallest absolute Gasteiger partial charge is 0.409 e. The van der Waals surface area contributed by atoms with Crippen LogP contribution in [0.4, 0.5) is 4.79 Å². The molecular formula is C17H33N5O5S. The summed E-state index contributed by atoms with van der Waals surface area (Å²) in [5.74, 6) is 0.517. The van der Waals surface area contributed by atoms with Crippen molar-refractivity contribution in [1.29, 1.82) is 0 Å². The maximum absolute atomic E-state index is 12.1. The van der Waals surface area contributed by atoms with E-state index in [2.05, 4.69) is 20.3 Å². The first kappa shape index (κ1) is 22.7. The lowest BCUT2D eigenvalue weighted by molar-refractivity contribution is 0.0200. The summed E-state index contributed by atoms with van der Waals surface area (Å²) in [6.07, 6.45) is 4.23. The molecule has 2 heterocycles. The van der Waals surface area contributed by atoms with Crippen molar-refractivity contribution in [3.8, 4) is 0 Å². The first-order valence-electron chi connectivity index (χ1n) is 9.82. The molecule has 10 nitrogen and oxygen atoms in total. The Bertz CT molecular complexity index is 613. The van der Waals surface area contributed by atoms with E-state index in [0.717, 1.165) is 32.1 Å². The van der Waals surface area contributed by atoms with E-state index >= 15 is 0 Å². The standard InChI is InChI=1S/C17H33N5O5S/c1-18-16(21-14-6-9-22(10-7-14)17(23)26-2)19-8-12-28(24,25)20-13-15-5-3-4-11-27-15/h14-15,20H,3-13H2,1-2H3,(H2,18,19,21). The number of amides is 1. The van der Waals surface area contributed by atoms with Crippen molar-refractivity contribution in [3.63, 3.8) is 0 Å². The minimum Gasteiger partial charge on any atom is -0.453 e. The van der Waals surface area contributed by atoms with Gasteiger partial charge in [0.05, 0.1) is 19.0 Å². The first-order chi connectivity index (χ1) is 13.4. The molecule has 162 valence electrons. The molecule has 2 rings (SSSR count). The van der Waals surface area contributed by atoms with Crippen LogP contribution in [0.25, 0.3) is 0 Å². The maximum Gasteiger partial charge on any atom is 0.409 e. The maximum atomic E-state index is 12.1. The van der Waals surface area contributed by atoms with E-state index in [1.54, 1.807) is 11.9 Å². The van der Waals surface area contributed by atoms with Crippen LogP contribution in [0.1, 0.15) is 32.1 Å². The average molecular weight is 420 g/mol. The van der Waals surface area contributed by atoms with Gasteiger partial charge in [-0.1, -0.05) is 0 Å². The summed E-state index contributed by atoms with van der Waals surface area (Å²) in [7, 11) is -0.348. The van der Waals surface area contributed by atoms with Crippen LogP contribution in [0.2, 0.25) is 0 Å². The fourth-order valence-corrected chi connectivity index (χ4v) is 4.24. The van der Waals surface area contributed by atoms with Crippen molar-refractivity contribution in [2.75, 3.05) is 52.7 Å². The summed E-state index contributed by atoms with van der Waals surface area (Å²) in [5.41, 5.74) is 0. The molecule has 3 N–H and O–H groups in total. The van der Waals surface area contributed by atoms with Gasteiger partial charge < -0.3 is 25.0 Å². The second kappa shape index (κ2) is 11.4. The van der Waals surface area contributed by atoms with E-state index in [-0.39, 0.29) is 30.5 Å². The molecule has 0 spiro atoms. The number of carbonyl (C=O) groups is 1. The molecule has 2 aliphatic rings. The van der Waals surface area contributed by atoms with Crippen molar-refractivity contribution in [1.82, 2.24) is 20.3 Å². The molecule has 0 saturated carbocycles. The SMILES string of the molecule is CN=C(NCCS(=O)(=O)NCC1CCCCO1)NC1CCN(C(=O)OC)CC1. The first-order valence-corrected chi connectivity index (χ1v) is 11.5. The van der Waals surface area contributed by atoms with Crippen molar-refractivity contribution in [2.24, 2.45) is 4.99 Å². The number of rotatable bonds is 7. The minimum absolute atomic E-state index is 0.0261. The van der Waals surface area contributed by atoms with Gasteiger partial charge in [0.1, 0.15) is 0 Å². The second-order valence-corrected chi connectivity index (χ2v) is 8.96. The molecule has 0 aliphatic carbocycles. The molecule has 0 radical (unpaired) electrons. The van der Waals surface area contributed by atoms with Gasteiger partial charge in [-0.3, -0.25) is 4.99 Å². The molecule has 2 aliphatic heterocycles. The van der Waals surface area contributed by atoms with Gasteiger partial charge in [0.2, 0.25) is 10.0 Å². The number of hydrogen-bond donors (Lipinski definition) is 3. The molecule has 1 atom stereocenters. The topological polar surface area (TPSA) is 121 Å². The highest BCUT2D eigenvalue weighted by Crippen LogP contribution is 2.12. The number of nitrogens with one attached hydrogen (secondary N) is 3. The predicted molar refractivity (Wildman–Crippen MR) is 107 cm³/mol. The monoisotopic (exact) mass is 419 g/mol. The van der Waals surface area contributed by atoms with Crippen molar-refractivity contribution < 1.29 is 22.7 Å². The molecular weight excluding hydrogens is 386 g/mol. The Morgan fingerprint density at radius 3 is 2.61 bits per heavy atom. The number of ether oxygens (including phenoxy) is 2. The van der Waals surface area contributed by atoms with Crippen molar-refractivity contribution in [2.45, 2.75) is 44.2 Å². The molecule has 2 fully saturated rings. The Morgan fingerprint density at radius 1 is 1.25 bits per heavy atom. The number of sulfonamides is 1. The summed E-state index contributed by atoms with van der Waals surface area (Å²) in [5, 5.41) is 6.32. The Morgan fingerprint density at radius 2 is 2.00 bits per heavy atom. The minimum atomic E-state index is -3.37. The van der Waals surface area contributed by atoms with E-state index in [1.165, 1.54) is 7.11 Å². The Labute approximate surface area is 167 Å². The van der Waals surface area contributed by atoms with Gasteiger partial charge in [0.25, 0.3) is 0 Å². The number of hydrogen-bond acceptors (Lipinski definition) is 6. The third-order valence-electron chi connectivity index (χ3n) is 4.96. The fraction of sp³-hybridized carbons (Fsp3) is 0.882. The highest BCUT2D eigenvalue weighted by molar-refractivity contribution is 7.89. The molecule has 28 heavy (non-hydrogen) atoms. The average Bonchev–Trinajstić information content (AvgIpc) is 2.72. The van der Waals surface area contributed by atoms with Gasteiger partial charge in [-0.2, -0.15) is 0 Å². The lowest BCUT2D eigenvalue weighted by atomic mass is 10.1. The largest absolute Gasteiger partial charge is 0.453 e. The molecule has 1 amide bonds. The van der Waals surface area contributed by atoms with Gasteiger partial charge in [-0.15, -0.1) is 0 Å². The number of guanidine groups is 1. The third kappa shape index (κ3) is 7.80. The molecule has 0 bridgehead atoms. The number of carbonyl (C=O) groups excluding carboxylic acids is 1. The van der Waals surface area contributed by atoms with Gasteiger partial charge in [0.15, 0.2) is 5.96 Å². The van der Waals surface area contributed by atoms with E-state index in [4.69, 9.17) is 9.47 Å². The van der Waals surface area contributed by atoms with Gasteiger partial charge in [0, 0.05) is 45.9 Å². The Balaban J connectivity index is 1.65. The Hall–Kier alpha value is -1.59. The van der Waals surface area contributed by atoms with Crippen molar-refractivity contribution >= 4 is 22.1 Å². The van der Waals surface area contributed by atoms with Crippen LogP contribution in [0, 0.1) is 0 Å². The number of methoxy groups -OCH3 is 1. The lowest BCUT2D eigenvalue weighted by Crippen LogP contribution is -2.50. The summed E-state index contributed by atoms with van der Waals surface area (Å²) in [4.78, 5) is 17.3. The quantitative estimate of drug-likeness (QED) is 0.388. The molecule has 1 unspecified atom stereocenters.